The first kappa shape index (κ1) is 25.9. The summed E-state index contributed by atoms with van der Waals surface area (Å²) in [5.41, 5.74) is 5.36. The summed E-state index contributed by atoms with van der Waals surface area (Å²) in [7, 11) is 0. The third kappa shape index (κ3) is 7.41. The standard InChI is InChI=1S/C27H32IN3O3/c1-4-6-13-31(18-22-9-12-25(20(3)14-22)34-19-27(32)33-5-2)26-17-29-16-24(30-26)23-10-7-21(15-28)8-11-23/h7-12,14,16-17H,4-6,13,15,18-19H2,1-3H3. The lowest BCUT2D eigenvalue weighted by Crippen LogP contribution is -2.25. The maximum atomic E-state index is 11.6. The maximum Gasteiger partial charge on any atom is 0.344 e. The molecule has 3 aromatic rings. The number of carbonyl (C=O) groups excluding carboxylic acids is 1. The van der Waals surface area contributed by atoms with Gasteiger partial charge in [0, 0.05) is 23.1 Å². The van der Waals surface area contributed by atoms with E-state index >= 15 is 0 Å². The minimum absolute atomic E-state index is 0.0855. The molecule has 1 aromatic heterocycles. The second-order valence-electron chi connectivity index (χ2n) is 8.06. The first-order chi connectivity index (χ1) is 16.5. The molecule has 0 atom stereocenters. The summed E-state index contributed by atoms with van der Waals surface area (Å²) < 4.78 is 11.6. The predicted octanol–water partition coefficient (Wildman–Crippen LogP) is 6.14. The van der Waals surface area contributed by atoms with Crippen LogP contribution in [-0.4, -0.2) is 35.7 Å². The van der Waals surface area contributed by atoms with E-state index in [-0.39, 0.29) is 12.6 Å². The highest BCUT2D eigenvalue weighted by atomic mass is 127. The number of alkyl halides is 1. The fourth-order valence-corrected chi connectivity index (χ4v) is 4.08. The van der Waals surface area contributed by atoms with Gasteiger partial charge in [-0.2, -0.15) is 0 Å². The lowest BCUT2D eigenvalue weighted by atomic mass is 10.1. The van der Waals surface area contributed by atoms with Gasteiger partial charge < -0.3 is 14.4 Å². The van der Waals surface area contributed by atoms with Crippen LogP contribution in [0.3, 0.4) is 0 Å². The van der Waals surface area contributed by atoms with Crippen LogP contribution < -0.4 is 9.64 Å². The molecule has 2 aromatic carbocycles. The molecule has 0 spiro atoms. The van der Waals surface area contributed by atoms with Crippen LogP contribution in [0.4, 0.5) is 5.82 Å². The second kappa shape index (κ2) is 13.3. The molecule has 0 amide bonds. The van der Waals surface area contributed by atoms with Gasteiger partial charge in [0.15, 0.2) is 6.61 Å². The van der Waals surface area contributed by atoms with Crippen molar-refractivity contribution in [1.29, 1.82) is 0 Å². The number of esters is 1. The number of halogens is 1. The Bertz CT molecular complexity index is 1070. The topological polar surface area (TPSA) is 64.5 Å². The normalized spacial score (nSPS) is 10.7. The van der Waals surface area contributed by atoms with Gasteiger partial charge in [-0.1, -0.05) is 72.3 Å². The van der Waals surface area contributed by atoms with Crippen LogP contribution in [0.2, 0.25) is 0 Å². The molecule has 180 valence electrons. The minimum Gasteiger partial charge on any atom is -0.482 e. The SMILES string of the molecule is CCCCN(Cc1ccc(OCC(=O)OCC)c(C)c1)c1cncc(-c2ccc(CI)cc2)n1. The Hall–Kier alpha value is -2.68. The molecule has 34 heavy (non-hydrogen) atoms. The monoisotopic (exact) mass is 573 g/mol. The van der Waals surface area contributed by atoms with Crippen molar-refractivity contribution < 1.29 is 14.3 Å². The summed E-state index contributed by atoms with van der Waals surface area (Å²) in [6.07, 6.45) is 5.82. The van der Waals surface area contributed by atoms with Crippen molar-refractivity contribution in [3.8, 4) is 17.0 Å². The van der Waals surface area contributed by atoms with Crippen molar-refractivity contribution in [2.24, 2.45) is 0 Å². The fourth-order valence-electron chi connectivity index (χ4n) is 3.57. The zero-order valence-corrected chi connectivity index (χ0v) is 22.2. The van der Waals surface area contributed by atoms with E-state index in [4.69, 9.17) is 14.5 Å². The van der Waals surface area contributed by atoms with E-state index in [0.29, 0.717) is 18.9 Å². The van der Waals surface area contributed by atoms with Gasteiger partial charge in [0.2, 0.25) is 0 Å². The summed E-state index contributed by atoms with van der Waals surface area (Å²) >= 11 is 2.37. The van der Waals surface area contributed by atoms with Crippen molar-refractivity contribution in [3.05, 3.63) is 71.5 Å². The lowest BCUT2D eigenvalue weighted by molar-refractivity contribution is -0.145. The number of ether oxygens (including phenoxy) is 2. The van der Waals surface area contributed by atoms with E-state index in [1.165, 1.54) is 5.56 Å². The number of unbranched alkanes of at least 4 members (excludes halogenated alkanes) is 1. The van der Waals surface area contributed by atoms with Gasteiger partial charge in [-0.15, -0.1) is 0 Å². The smallest absolute Gasteiger partial charge is 0.344 e. The molecular weight excluding hydrogens is 541 g/mol. The third-order valence-corrected chi connectivity index (χ3v) is 6.28. The Balaban J connectivity index is 1.77. The summed E-state index contributed by atoms with van der Waals surface area (Å²) in [6, 6.07) is 14.5. The molecule has 0 saturated heterocycles. The van der Waals surface area contributed by atoms with Gasteiger partial charge in [0.05, 0.1) is 24.7 Å². The van der Waals surface area contributed by atoms with E-state index < -0.39 is 0 Å². The third-order valence-electron chi connectivity index (χ3n) is 5.40. The van der Waals surface area contributed by atoms with Gasteiger partial charge in [0.25, 0.3) is 0 Å². The number of aromatic nitrogens is 2. The largest absolute Gasteiger partial charge is 0.482 e. The molecule has 0 unspecified atom stereocenters. The quantitative estimate of drug-likeness (QED) is 0.148. The molecule has 0 N–H and O–H groups in total. The molecule has 0 bridgehead atoms. The molecule has 1 heterocycles. The number of hydrogen-bond acceptors (Lipinski definition) is 6. The molecular formula is C27H32IN3O3. The first-order valence-electron chi connectivity index (χ1n) is 11.6. The molecule has 0 fully saturated rings. The average molecular weight is 573 g/mol. The van der Waals surface area contributed by atoms with Crippen LogP contribution in [0.5, 0.6) is 5.75 Å². The van der Waals surface area contributed by atoms with Gasteiger partial charge in [0.1, 0.15) is 11.6 Å². The summed E-state index contributed by atoms with van der Waals surface area (Å²) in [5, 5.41) is 0. The van der Waals surface area contributed by atoms with Crippen LogP contribution >= 0.6 is 22.6 Å². The molecule has 6 nitrogen and oxygen atoms in total. The van der Waals surface area contributed by atoms with Gasteiger partial charge in [-0.05, 0) is 43.0 Å². The number of hydrogen-bond donors (Lipinski definition) is 0. The Kier molecular flexibility index (Phi) is 10.1. The summed E-state index contributed by atoms with van der Waals surface area (Å²) in [4.78, 5) is 23.3. The van der Waals surface area contributed by atoms with E-state index in [1.807, 2.05) is 31.5 Å². The average Bonchev–Trinajstić information content (AvgIpc) is 2.86. The van der Waals surface area contributed by atoms with Crippen LogP contribution in [0.15, 0.2) is 54.9 Å². The van der Waals surface area contributed by atoms with E-state index in [9.17, 15) is 4.79 Å². The first-order valence-corrected chi connectivity index (χ1v) is 13.2. The highest BCUT2D eigenvalue weighted by Crippen LogP contribution is 2.24. The van der Waals surface area contributed by atoms with E-state index in [1.54, 1.807) is 6.92 Å². The van der Waals surface area contributed by atoms with Crippen LogP contribution in [0.1, 0.15) is 43.4 Å². The van der Waals surface area contributed by atoms with Crippen molar-refractivity contribution >= 4 is 34.4 Å². The number of anilines is 1. The summed E-state index contributed by atoms with van der Waals surface area (Å²) in [6.45, 7) is 7.83. The zero-order chi connectivity index (χ0) is 24.3. The molecule has 7 heteroatoms. The van der Waals surface area contributed by atoms with Crippen LogP contribution in [0, 0.1) is 6.92 Å². The van der Waals surface area contributed by atoms with Gasteiger partial charge >= 0.3 is 5.97 Å². The van der Waals surface area contributed by atoms with Crippen LogP contribution in [0.25, 0.3) is 11.3 Å². The number of aryl methyl sites for hydroxylation is 1. The van der Waals surface area contributed by atoms with Gasteiger partial charge in [-0.25, -0.2) is 9.78 Å². The molecule has 0 saturated carbocycles. The highest BCUT2D eigenvalue weighted by molar-refractivity contribution is 14.1. The Labute approximate surface area is 215 Å². The van der Waals surface area contributed by atoms with Crippen molar-refractivity contribution in [1.82, 2.24) is 9.97 Å². The maximum absolute atomic E-state index is 11.6. The summed E-state index contributed by atoms with van der Waals surface area (Å²) in [5.74, 6) is 1.19. The number of nitrogens with zero attached hydrogens (tertiary/aromatic N) is 3. The molecule has 0 radical (unpaired) electrons. The van der Waals surface area contributed by atoms with Crippen LogP contribution in [-0.2, 0) is 20.5 Å². The number of rotatable bonds is 12. The van der Waals surface area contributed by atoms with E-state index in [0.717, 1.165) is 52.0 Å². The fraction of sp³-hybridized carbons (Fsp3) is 0.370. The highest BCUT2D eigenvalue weighted by Gasteiger charge is 2.13. The van der Waals surface area contributed by atoms with Crippen molar-refractivity contribution in [2.45, 2.75) is 44.6 Å². The van der Waals surface area contributed by atoms with E-state index in [2.05, 4.69) is 69.7 Å². The molecule has 0 aliphatic rings. The molecule has 0 aliphatic heterocycles. The second-order valence-corrected chi connectivity index (χ2v) is 8.82. The Morgan fingerprint density at radius 2 is 1.82 bits per heavy atom. The van der Waals surface area contributed by atoms with Crippen molar-refractivity contribution in [2.75, 3.05) is 24.7 Å². The number of carbonyl (C=O) groups is 1. The minimum atomic E-state index is -0.362. The van der Waals surface area contributed by atoms with Gasteiger partial charge in [-0.3, -0.25) is 4.98 Å². The number of benzene rings is 2. The zero-order valence-electron chi connectivity index (χ0n) is 20.1. The molecule has 3 rings (SSSR count). The Morgan fingerprint density at radius 1 is 1.06 bits per heavy atom. The van der Waals surface area contributed by atoms with Crippen molar-refractivity contribution in [3.63, 3.8) is 0 Å². The predicted molar refractivity (Wildman–Crippen MR) is 144 cm³/mol. The lowest BCUT2D eigenvalue weighted by Gasteiger charge is -2.24. The molecule has 0 aliphatic carbocycles. The Morgan fingerprint density at radius 3 is 2.50 bits per heavy atom.